The van der Waals surface area contributed by atoms with Crippen LogP contribution in [-0.4, -0.2) is 29.3 Å². The summed E-state index contributed by atoms with van der Waals surface area (Å²) < 4.78 is 49.6. The van der Waals surface area contributed by atoms with E-state index in [1.54, 1.807) is 12.1 Å². The third kappa shape index (κ3) is 6.42. The monoisotopic (exact) mass is 523 g/mol. The number of alkyl halides is 3. The Bertz CT molecular complexity index is 1330. The first kappa shape index (κ1) is 26.3. The molecule has 3 aromatic rings. The second-order valence-electron chi connectivity index (χ2n) is 7.19. The number of nitro benzene ring substituents is 1. The van der Waals surface area contributed by atoms with Crippen LogP contribution in [0.15, 0.2) is 59.7 Å². The molecule has 0 saturated heterocycles. The van der Waals surface area contributed by atoms with E-state index < -0.39 is 28.3 Å². The van der Waals surface area contributed by atoms with Crippen LogP contribution in [0.25, 0.3) is 0 Å². The van der Waals surface area contributed by atoms with Crippen LogP contribution in [-0.2, 0) is 12.8 Å². The van der Waals surface area contributed by atoms with Gasteiger partial charge in [-0.15, -0.1) is 0 Å². The summed E-state index contributed by atoms with van der Waals surface area (Å²) in [4.78, 5) is 21.4. The molecular weight excluding hydrogens is 507 g/mol. The molecule has 0 bridgehead atoms. The summed E-state index contributed by atoms with van der Waals surface area (Å²) in [5.41, 5.74) is 1.22. The fourth-order valence-corrected chi connectivity index (χ4v) is 3.31. The van der Waals surface area contributed by atoms with Crippen molar-refractivity contribution in [1.82, 2.24) is 0 Å². The van der Waals surface area contributed by atoms with Gasteiger partial charge < -0.3 is 14.6 Å². The van der Waals surface area contributed by atoms with Crippen molar-refractivity contribution >= 4 is 35.2 Å². The second-order valence-corrected chi connectivity index (χ2v) is 7.59. The van der Waals surface area contributed by atoms with E-state index in [1.165, 1.54) is 37.6 Å². The molecule has 0 aliphatic heterocycles. The highest BCUT2D eigenvalue weighted by molar-refractivity contribution is 6.32. The zero-order chi connectivity index (χ0) is 26.5. The number of rotatable bonds is 9. The zero-order valence-corrected chi connectivity index (χ0v) is 19.1. The van der Waals surface area contributed by atoms with Gasteiger partial charge in [0.05, 0.1) is 34.4 Å². The van der Waals surface area contributed by atoms with Gasteiger partial charge in [0.15, 0.2) is 11.5 Å². The number of carboxylic acids is 1. The van der Waals surface area contributed by atoms with E-state index in [-0.39, 0.29) is 34.4 Å². The topological polar surface area (TPSA) is 123 Å². The zero-order valence-electron chi connectivity index (χ0n) is 18.4. The molecule has 0 heterocycles. The second kappa shape index (κ2) is 11.0. The molecule has 0 radical (unpaired) electrons. The number of benzene rings is 3. The number of hydrazone groups is 1. The average Bonchev–Trinajstić information content (AvgIpc) is 2.82. The summed E-state index contributed by atoms with van der Waals surface area (Å²) in [5, 5.41) is 24.3. The third-order valence-corrected chi connectivity index (χ3v) is 5.01. The third-order valence-electron chi connectivity index (χ3n) is 4.73. The average molecular weight is 524 g/mol. The van der Waals surface area contributed by atoms with Crippen LogP contribution in [0.2, 0.25) is 5.02 Å². The molecule has 0 saturated carbocycles. The van der Waals surface area contributed by atoms with Gasteiger partial charge in [-0.2, -0.15) is 18.3 Å². The van der Waals surface area contributed by atoms with E-state index in [9.17, 15) is 28.1 Å². The lowest BCUT2D eigenvalue weighted by Crippen LogP contribution is -2.06. The van der Waals surface area contributed by atoms with Crippen LogP contribution < -0.4 is 14.9 Å². The van der Waals surface area contributed by atoms with Crippen LogP contribution >= 0.6 is 11.6 Å². The Hall–Kier alpha value is -4.32. The van der Waals surface area contributed by atoms with E-state index in [4.69, 9.17) is 26.2 Å². The standard InChI is InChI=1S/C23H17ClF3N3O6/c1-35-20-9-14(8-17(24)21(20)36-12-13-3-2-4-15(7-13)22(31)32)11-28-29-18-6-5-16(23(25,26)27)10-19(18)30(33)34/h2-11,29H,12H2,1H3,(H,31,32)/b28-11-. The predicted octanol–water partition coefficient (Wildman–Crippen LogP) is 6.00. The molecule has 9 nitrogen and oxygen atoms in total. The van der Waals surface area contributed by atoms with E-state index in [0.29, 0.717) is 23.3 Å². The lowest BCUT2D eigenvalue weighted by atomic mass is 10.1. The lowest BCUT2D eigenvalue weighted by molar-refractivity contribution is -0.384. The number of nitrogens with one attached hydrogen (secondary N) is 1. The fourth-order valence-electron chi connectivity index (χ4n) is 3.03. The highest BCUT2D eigenvalue weighted by Crippen LogP contribution is 2.37. The van der Waals surface area contributed by atoms with E-state index in [1.807, 2.05) is 0 Å². The van der Waals surface area contributed by atoms with Crippen molar-refractivity contribution in [1.29, 1.82) is 0 Å². The molecule has 2 N–H and O–H groups in total. The Morgan fingerprint density at radius 1 is 1.22 bits per heavy atom. The van der Waals surface area contributed by atoms with Crippen molar-refractivity contribution in [3.05, 3.63) is 92.0 Å². The SMILES string of the molecule is COc1cc(/C=N\Nc2ccc(C(F)(F)F)cc2[N+](=O)[O-])cc(Cl)c1OCc1cccc(C(=O)O)c1. The molecule has 36 heavy (non-hydrogen) atoms. The summed E-state index contributed by atoms with van der Waals surface area (Å²) in [6.07, 6.45) is -3.50. The molecule has 13 heteroatoms. The van der Waals surface area contributed by atoms with Crippen molar-refractivity contribution in [3.63, 3.8) is 0 Å². The largest absolute Gasteiger partial charge is 0.493 e. The molecule has 3 rings (SSSR count). The first-order valence-electron chi connectivity index (χ1n) is 9.97. The van der Waals surface area contributed by atoms with Gasteiger partial charge in [0.2, 0.25) is 0 Å². The molecule has 0 amide bonds. The molecule has 0 aromatic heterocycles. The van der Waals surface area contributed by atoms with E-state index in [0.717, 1.165) is 6.07 Å². The molecule has 0 aliphatic rings. The Balaban J connectivity index is 1.77. The Morgan fingerprint density at radius 3 is 2.61 bits per heavy atom. The van der Waals surface area contributed by atoms with Crippen molar-refractivity contribution in [2.24, 2.45) is 5.10 Å². The Morgan fingerprint density at radius 2 is 1.97 bits per heavy atom. The summed E-state index contributed by atoms with van der Waals surface area (Å²) in [7, 11) is 1.37. The molecule has 0 unspecified atom stereocenters. The van der Waals surface area contributed by atoms with Crippen LogP contribution in [0.3, 0.4) is 0 Å². The number of carboxylic acid groups (broad SMARTS) is 1. The maximum Gasteiger partial charge on any atom is 0.416 e. The minimum absolute atomic E-state index is 0.00375. The first-order chi connectivity index (χ1) is 17.0. The Kier molecular flexibility index (Phi) is 8.00. The summed E-state index contributed by atoms with van der Waals surface area (Å²) >= 11 is 6.31. The number of anilines is 1. The highest BCUT2D eigenvalue weighted by Gasteiger charge is 2.33. The lowest BCUT2D eigenvalue weighted by Gasteiger charge is -2.13. The summed E-state index contributed by atoms with van der Waals surface area (Å²) in [5.74, 6) is -0.673. The van der Waals surface area contributed by atoms with Gasteiger partial charge in [-0.05, 0) is 47.5 Å². The number of halogens is 4. The Labute approximate surface area is 206 Å². The van der Waals surface area contributed by atoms with E-state index in [2.05, 4.69) is 10.5 Å². The molecule has 0 fully saturated rings. The van der Waals surface area contributed by atoms with Gasteiger partial charge in [-0.25, -0.2) is 4.79 Å². The molecule has 0 atom stereocenters. The van der Waals surface area contributed by atoms with Gasteiger partial charge in [-0.3, -0.25) is 15.5 Å². The molecule has 188 valence electrons. The van der Waals surface area contributed by atoms with Crippen molar-refractivity contribution in [3.8, 4) is 11.5 Å². The van der Waals surface area contributed by atoms with Gasteiger partial charge in [0.1, 0.15) is 12.3 Å². The molecular formula is C23H17ClF3N3O6. The van der Waals surface area contributed by atoms with Gasteiger partial charge in [-0.1, -0.05) is 23.7 Å². The van der Waals surface area contributed by atoms with Crippen molar-refractivity contribution in [2.45, 2.75) is 12.8 Å². The first-order valence-corrected chi connectivity index (χ1v) is 10.3. The summed E-state index contributed by atoms with van der Waals surface area (Å²) in [6.45, 7) is 0.00375. The predicted molar refractivity (Wildman–Crippen MR) is 125 cm³/mol. The smallest absolute Gasteiger partial charge is 0.416 e. The number of nitrogens with zero attached hydrogens (tertiary/aromatic N) is 2. The number of nitro groups is 1. The number of aromatic carboxylic acids is 1. The minimum atomic E-state index is -4.73. The molecule has 3 aromatic carbocycles. The van der Waals surface area contributed by atoms with Crippen LogP contribution in [0, 0.1) is 10.1 Å². The fraction of sp³-hybridized carbons (Fsp3) is 0.130. The highest BCUT2D eigenvalue weighted by atomic mass is 35.5. The van der Waals surface area contributed by atoms with Gasteiger partial charge in [0.25, 0.3) is 5.69 Å². The molecule has 0 aliphatic carbocycles. The van der Waals surface area contributed by atoms with Crippen molar-refractivity contribution in [2.75, 3.05) is 12.5 Å². The number of methoxy groups -OCH3 is 1. The van der Waals surface area contributed by atoms with Crippen LogP contribution in [0.1, 0.15) is 27.0 Å². The van der Waals surface area contributed by atoms with Crippen LogP contribution in [0.4, 0.5) is 24.5 Å². The maximum atomic E-state index is 12.8. The minimum Gasteiger partial charge on any atom is -0.493 e. The maximum absolute atomic E-state index is 12.8. The quantitative estimate of drug-likeness (QED) is 0.200. The number of hydrogen-bond donors (Lipinski definition) is 2. The van der Waals surface area contributed by atoms with Gasteiger partial charge in [0, 0.05) is 6.07 Å². The number of carbonyl (C=O) groups is 1. The molecule has 0 spiro atoms. The normalized spacial score (nSPS) is 11.4. The van der Waals surface area contributed by atoms with E-state index >= 15 is 0 Å². The number of ether oxygens (including phenoxy) is 2. The number of hydrogen-bond acceptors (Lipinski definition) is 7. The van der Waals surface area contributed by atoms with Crippen LogP contribution in [0.5, 0.6) is 11.5 Å². The van der Waals surface area contributed by atoms with Crippen molar-refractivity contribution < 1.29 is 37.5 Å². The van der Waals surface area contributed by atoms with Gasteiger partial charge >= 0.3 is 12.1 Å². The summed E-state index contributed by atoms with van der Waals surface area (Å²) in [6, 6.07) is 11.1.